The summed E-state index contributed by atoms with van der Waals surface area (Å²) in [5, 5.41) is 25.3. The molecular weight excluding hydrogens is 604 g/mol. The number of carbonyl (C=O) groups excluding carboxylic acids is 7. The molecule has 3 aliphatic carbocycles. The van der Waals surface area contributed by atoms with Crippen LogP contribution in [0.25, 0.3) is 0 Å². The molecule has 0 bridgehead atoms. The molecule has 1 aromatic rings. The highest BCUT2D eigenvalue weighted by Crippen LogP contribution is 2.52. The number of nitrogens with two attached hydrogens (primary N) is 1. The van der Waals surface area contributed by atoms with Crippen molar-refractivity contribution >= 4 is 52.5 Å². The van der Waals surface area contributed by atoms with Gasteiger partial charge in [0.1, 0.15) is 5.75 Å². The SMILES string of the molecule is CCC(C)(C)C(=O)OCOC(=O)Nc1cc(N(C)C)c2c(c1O)C(=O)C1C(=O)[C@]3(O)C(=O)C(C(N)=O)C(=O)[C@@H](N(C)C)[C@@H]3C[C@@H]1C2. The number of phenolic OH excluding ortho intramolecular Hbond substituents is 1. The van der Waals surface area contributed by atoms with Crippen molar-refractivity contribution in [3.8, 4) is 5.75 Å². The average Bonchev–Trinajstić information content (AvgIpc) is 2.95. The highest BCUT2D eigenvalue weighted by molar-refractivity contribution is 6.32. The molecule has 2 fully saturated rings. The zero-order valence-electron chi connectivity index (χ0n) is 26.8. The van der Waals surface area contributed by atoms with Gasteiger partial charge in [-0.3, -0.25) is 39.0 Å². The average molecular weight is 645 g/mol. The van der Waals surface area contributed by atoms with E-state index in [9.17, 15) is 43.8 Å². The molecule has 5 N–H and O–H groups in total. The second kappa shape index (κ2) is 12.1. The number of esters is 1. The Morgan fingerprint density at radius 2 is 1.72 bits per heavy atom. The number of nitrogens with one attached hydrogen (secondary N) is 1. The fourth-order valence-corrected chi connectivity index (χ4v) is 6.77. The summed E-state index contributed by atoms with van der Waals surface area (Å²) in [7, 11) is 6.34. The van der Waals surface area contributed by atoms with E-state index in [-0.39, 0.29) is 24.1 Å². The fourth-order valence-electron chi connectivity index (χ4n) is 6.77. The number of fused-ring (bicyclic) bond motifs is 3. The number of Topliss-reactive ketones (excluding diaryl/α,β-unsaturated/α-hetero) is 4. The number of primary amides is 1. The normalized spacial score (nSPS) is 27.4. The third kappa shape index (κ3) is 5.40. The number of hydrogen-bond donors (Lipinski definition) is 4. The number of amides is 2. The Morgan fingerprint density at radius 3 is 2.26 bits per heavy atom. The number of hydrogen-bond acceptors (Lipinski definition) is 13. The molecule has 0 heterocycles. The van der Waals surface area contributed by atoms with E-state index >= 15 is 0 Å². The molecule has 1 aromatic carbocycles. The van der Waals surface area contributed by atoms with Gasteiger partial charge in [0.25, 0.3) is 0 Å². The molecule has 2 saturated carbocycles. The molecule has 0 aromatic heterocycles. The second-order valence-electron chi connectivity index (χ2n) is 13.2. The third-order valence-electron chi connectivity index (χ3n) is 9.57. The van der Waals surface area contributed by atoms with E-state index in [1.165, 1.54) is 25.1 Å². The Labute approximate surface area is 265 Å². The molecule has 0 aliphatic heterocycles. The Kier molecular flexibility index (Phi) is 9.07. The standard InChI is InChI=1S/C31H40N4O11/c1-8-30(2,3)28(42)45-12-46-29(43)33-16-11-17(34(4)5)14-9-13-10-15-21(35(6)7)24(38)20(27(32)41)26(40)31(15,44)25(39)18(13)23(37)19(14)22(16)36/h11,13,15,18,20-21,36,44H,8-10,12H2,1-7H3,(H2,32,41)(H,33,43)/t13-,15-,18?,20?,21-,31-/m0/s1. The van der Waals surface area contributed by atoms with Crippen molar-refractivity contribution in [2.45, 2.75) is 51.7 Å². The first-order valence-corrected chi connectivity index (χ1v) is 14.8. The van der Waals surface area contributed by atoms with Crippen molar-refractivity contribution in [3.63, 3.8) is 0 Å². The van der Waals surface area contributed by atoms with Crippen LogP contribution in [0.1, 0.15) is 49.5 Å². The molecule has 6 atom stereocenters. The van der Waals surface area contributed by atoms with Gasteiger partial charge in [-0.05, 0) is 64.8 Å². The summed E-state index contributed by atoms with van der Waals surface area (Å²) in [4.78, 5) is 94.8. The van der Waals surface area contributed by atoms with Gasteiger partial charge in [-0.1, -0.05) is 6.92 Å². The van der Waals surface area contributed by atoms with Crippen molar-refractivity contribution in [3.05, 3.63) is 17.2 Å². The van der Waals surface area contributed by atoms with Crippen LogP contribution in [-0.4, -0.2) is 103 Å². The van der Waals surface area contributed by atoms with E-state index in [0.29, 0.717) is 17.7 Å². The van der Waals surface area contributed by atoms with Crippen LogP contribution in [0.15, 0.2) is 6.07 Å². The van der Waals surface area contributed by atoms with Gasteiger partial charge in [0, 0.05) is 25.7 Å². The van der Waals surface area contributed by atoms with Crippen LogP contribution in [-0.2, 0) is 39.9 Å². The largest absolute Gasteiger partial charge is 0.505 e. The molecule has 2 unspecified atom stereocenters. The van der Waals surface area contributed by atoms with Crippen LogP contribution in [0.3, 0.4) is 0 Å². The fraction of sp³-hybridized carbons (Fsp3) is 0.581. The number of phenols is 1. The number of aliphatic hydroxyl groups is 1. The lowest BCUT2D eigenvalue weighted by Gasteiger charge is -2.52. The van der Waals surface area contributed by atoms with Gasteiger partial charge >= 0.3 is 12.1 Å². The Bertz CT molecular complexity index is 1530. The van der Waals surface area contributed by atoms with Crippen molar-refractivity contribution < 1.29 is 53.2 Å². The number of rotatable bonds is 8. The number of ketones is 4. The van der Waals surface area contributed by atoms with Crippen molar-refractivity contribution in [2.24, 2.45) is 34.8 Å². The van der Waals surface area contributed by atoms with Gasteiger partial charge in [0.05, 0.1) is 28.6 Å². The first kappa shape index (κ1) is 34.5. The molecule has 4 rings (SSSR count). The minimum Gasteiger partial charge on any atom is -0.505 e. The second-order valence-corrected chi connectivity index (χ2v) is 13.2. The highest BCUT2D eigenvalue weighted by atomic mass is 16.7. The number of benzene rings is 1. The summed E-state index contributed by atoms with van der Waals surface area (Å²) in [6.45, 7) is 4.42. The highest BCUT2D eigenvalue weighted by Gasteiger charge is 2.69. The Balaban J connectivity index is 1.71. The summed E-state index contributed by atoms with van der Waals surface area (Å²) in [6, 6.07) is 0.192. The molecular formula is C31H40N4O11. The van der Waals surface area contributed by atoms with Crippen LogP contribution in [0, 0.1) is 29.1 Å². The molecule has 0 radical (unpaired) electrons. The van der Waals surface area contributed by atoms with Crippen LogP contribution in [0.2, 0.25) is 0 Å². The third-order valence-corrected chi connectivity index (χ3v) is 9.57. The molecule has 0 saturated heterocycles. The quantitative estimate of drug-likeness (QED) is 0.131. The lowest BCUT2D eigenvalue weighted by atomic mass is 9.52. The summed E-state index contributed by atoms with van der Waals surface area (Å²) < 4.78 is 9.94. The van der Waals surface area contributed by atoms with E-state index in [0.717, 1.165) is 0 Å². The van der Waals surface area contributed by atoms with E-state index < -0.39 is 94.4 Å². The lowest BCUT2D eigenvalue weighted by Crippen LogP contribution is -2.74. The van der Waals surface area contributed by atoms with Crippen molar-refractivity contribution in [1.29, 1.82) is 0 Å². The number of anilines is 2. The van der Waals surface area contributed by atoms with Crippen LogP contribution in [0.5, 0.6) is 5.75 Å². The zero-order chi connectivity index (χ0) is 34.6. The first-order valence-electron chi connectivity index (χ1n) is 14.8. The van der Waals surface area contributed by atoms with Gasteiger partial charge in [-0.25, -0.2) is 4.79 Å². The molecule has 15 heteroatoms. The minimum absolute atomic E-state index is 0.0425. The predicted octanol–water partition coefficient (Wildman–Crippen LogP) is 0.418. The predicted molar refractivity (Wildman–Crippen MR) is 161 cm³/mol. The van der Waals surface area contributed by atoms with Gasteiger partial charge in [0.2, 0.25) is 12.7 Å². The van der Waals surface area contributed by atoms with Gasteiger partial charge in [-0.2, -0.15) is 0 Å². The maximum atomic E-state index is 14.1. The summed E-state index contributed by atoms with van der Waals surface area (Å²) in [5.41, 5.74) is 1.91. The van der Waals surface area contributed by atoms with Crippen molar-refractivity contribution in [1.82, 2.24) is 4.90 Å². The smallest absolute Gasteiger partial charge is 0.414 e. The summed E-state index contributed by atoms with van der Waals surface area (Å²) >= 11 is 0. The number of aromatic hydroxyl groups is 1. The van der Waals surface area contributed by atoms with Gasteiger partial charge < -0.3 is 30.3 Å². The first-order chi connectivity index (χ1) is 21.3. The molecule has 0 spiro atoms. The van der Waals surface area contributed by atoms with Gasteiger partial charge in [0.15, 0.2) is 34.7 Å². The maximum absolute atomic E-state index is 14.1. The van der Waals surface area contributed by atoms with Crippen LogP contribution >= 0.6 is 0 Å². The van der Waals surface area contributed by atoms with E-state index in [2.05, 4.69) is 5.32 Å². The minimum atomic E-state index is -2.86. The van der Waals surface area contributed by atoms with Crippen LogP contribution in [0.4, 0.5) is 16.2 Å². The molecule has 15 nitrogen and oxygen atoms in total. The number of nitrogens with zero attached hydrogens (tertiary/aromatic N) is 2. The van der Waals surface area contributed by atoms with Crippen molar-refractivity contribution in [2.75, 3.05) is 45.2 Å². The number of ether oxygens (including phenoxy) is 2. The topological polar surface area (TPSA) is 223 Å². The zero-order valence-corrected chi connectivity index (χ0v) is 26.8. The molecule has 250 valence electrons. The van der Waals surface area contributed by atoms with Gasteiger partial charge in [-0.15, -0.1) is 0 Å². The molecule has 2 amide bonds. The lowest BCUT2D eigenvalue weighted by molar-refractivity contribution is -0.181. The monoisotopic (exact) mass is 644 g/mol. The van der Waals surface area contributed by atoms with Crippen LogP contribution < -0.4 is 16.0 Å². The van der Waals surface area contributed by atoms with E-state index in [1.54, 1.807) is 39.8 Å². The van der Waals surface area contributed by atoms with E-state index in [4.69, 9.17) is 15.2 Å². The number of carbonyl (C=O) groups is 7. The Morgan fingerprint density at radius 1 is 1.09 bits per heavy atom. The molecule has 46 heavy (non-hydrogen) atoms. The summed E-state index contributed by atoms with van der Waals surface area (Å²) in [6.07, 6.45) is -0.684. The van der Waals surface area contributed by atoms with E-state index in [1.807, 2.05) is 0 Å². The Hall–Kier alpha value is -4.37. The number of likely N-dealkylation sites (N-methyl/N-ethyl adjacent to an activating group) is 1. The molecule has 3 aliphatic rings. The maximum Gasteiger partial charge on any atom is 0.414 e. The summed E-state index contributed by atoms with van der Waals surface area (Å²) in [5.74, 6) is -12.6.